The first-order valence-electron chi connectivity index (χ1n) is 12.7. The average Bonchev–Trinajstić information content (AvgIpc) is 2.68. The molecule has 0 fully saturated rings. The van der Waals surface area contributed by atoms with Crippen LogP contribution in [0, 0.1) is 0 Å². The summed E-state index contributed by atoms with van der Waals surface area (Å²) < 4.78 is 10.8. The molecule has 176 valence electrons. The SMILES string of the molecule is CCCCCCCCCCCCCCCCCCCCCCCC(O)P(=O)(O)O. The molecule has 0 aliphatic rings. The molecule has 3 N–H and O–H groups in total. The Morgan fingerprint density at radius 2 is 0.759 bits per heavy atom. The molecule has 0 bridgehead atoms. The smallest absolute Gasteiger partial charge is 0.353 e. The fourth-order valence-electron chi connectivity index (χ4n) is 3.93. The van der Waals surface area contributed by atoms with Gasteiger partial charge in [0.2, 0.25) is 0 Å². The van der Waals surface area contributed by atoms with Crippen molar-refractivity contribution >= 4 is 7.60 Å². The molecule has 4 nitrogen and oxygen atoms in total. The molecule has 1 unspecified atom stereocenters. The number of aliphatic hydroxyl groups excluding tert-OH is 1. The lowest BCUT2D eigenvalue weighted by molar-refractivity contribution is 0.190. The zero-order chi connectivity index (χ0) is 21.6. The molecule has 0 saturated carbocycles. The van der Waals surface area contributed by atoms with Crippen LogP contribution in [0.5, 0.6) is 0 Å². The summed E-state index contributed by atoms with van der Waals surface area (Å²) >= 11 is 0. The molecule has 5 heteroatoms. The first-order chi connectivity index (χ1) is 14.0. The molecule has 0 aliphatic heterocycles. The maximum atomic E-state index is 10.8. The molecular formula is C24H51O4P. The second-order valence-corrected chi connectivity index (χ2v) is 10.7. The predicted octanol–water partition coefficient (Wildman–Crippen LogP) is 8.08. The molecule has 0 heterocycles. The third kappa shape index (κ3) is 22.6. The van der Waals surface area contributed by atoms with E-state index in [1.807, 2.05) is 0 Å². The summed E-state index contributed by atoms with van der Waals surface area (Å²) in [6.45, 7) is 2.28. The fourth-order valence-corrected chi connectivity index (χ4v) is 4.45. The van der Waals surface area contributed by atoms with Crippen molar-refractivity contribution in [3.05, 3.63) is 0 Å². The molecule has 0 aromatic heterocycles. The lowest BCUT2D eigenvalue weighted by Crippen LogP contribution is -2.06. The molecule has 0 aliphatic carbocycles. The molecular weight excluding hydrogens is 383 g/mol. The summed E-state index contributed by atoms with van der Waals surface area (Å²) in [5.74, 6) is -1.47. The van der Waals surface area contributed by atoms with Gasteiger partial charge in [-0.25, -0.2) is 0 Å². The third-order valence-electron chi connectivity index (χ3n) is 5.95. The Labute approximate surface area is 181 Å². The van der Waals surface area contributed by atoms with Crippen molar-refractivity contribution in [2.24, 2.45) is 0 Å². The molecule has 0 amide bonds. The van der Waals surface area contributed by atoms with Gasteiger partial charge in [-0.2, -0.15) is 0 Å². The van der Waals surface area contributed by atoms with Gasteiger partial charge < -0.3 is 14.9 Å². The van der Waals surface area contributed by atoms with Gasteiger partial charge in [-0.15, -0.1) is 0 Å². The van der Waals surface area contributed by atoms with Crippen LogP contribution in [0.25, 0.3) is 0 Å². The number of hydrogen-bond acceptors (Lipinski definition) is 2. The Morgan fingerprint density at radius 1 is 0.517 bits per heavy atom. The number of aliphatic hydroxyl groups is 1. The summed E-state index contributed by atoms with van der Waals surface area (Å²) in [7, 11) is -4.30. The zero-order valence-electron chi connectivity index (χ0n) is 19.3. The molecule has 0 rings (SSSR count). The van der Waals surface area contributed by atoms with Crippen LogP contribution in [0.15, 0.2) is 0 Å². The van der Waals surface area contributed by atoms with Crippen molar-refractivity contribution in [3.63, 3.8) is 0 Å². The van der Waals surface area contributed by atoms with Gasteiger partial charge in [0.15, 0.2) is 5.85 Å². The first-order valence-corrected chi connectivity index (χ1v) is 14.4. The molecule has 0 radical (unpaired) electrons. The summed E-state index contributed by atoms with van der Waals surface area (Å²) in [5, 5.41) is 9.28. The van der Waals surface area contributed by atoms with Crippen molar-refractivity contribution in [2.45, 2.75) is 154 Å². The topological polar surface area (TPSA) is 77.8 Å². The van der Waals surface area contributed by atoms with Gasteiger partial charge >= 0.3 is 7.60 Å². The summed E-state index contributed by atoms with van der Waals surface area (Å²) in [6, 6.07) is 0. The van der Waals surface area contributed by atoms with E-state index in [4.69, 9.17) is 9.79 Å². The van der Waals surface area contributed by atoms with Gasteiger partial charge in [-0.3, -0.25) is 4.57 Å². The van der Waals surface area contributed by atoms with Crippen LogP contribution in [-0.4, -0.2) is 20.7 Å². The number of hydrogen-bond donors (Lipinski definition) is 3. The van der Waals surface area contributed by atoms with Crippen molar-refractivity contribution in [1.29, 1.82) is 0 Å². The average molecular weight is 435 g/mol. The van der Waals surface area contributed by atoms with Crippen molar-refractivity contribution in [3.8, 4) is 0 Å². The second-order valence-electron chi connectivity index (χ2n) is 8.93. The zero-order valence-corrected chi connectivity index (χ0v) is 20.2. The summed E-state index contributed by atoms with van der Waals surface area (Å²) in [4.78, 5) is 17.6. The Hall–Kier alpha value is 0.110. The molecule has 1 atom stereocenters. The van der Waals surface area contributed by atoms with Gasteiger partial charge in [-0.05, 0) is 6.42 Å². The largest absolute Gasteiger partial charge is 0.380 e. The van der Waals surface area contributed by atoms with E-state index in [2.05, 4.69) is 6.92 Å². The Bertz CT molecular complexity index is 370. The third-order valence-corrected chi connectivity index (χ3v) is 6.99. The molecule has 0 aromatic carbocycles. The highest BCUT2D eigenvalue weighted by atomic mass is 31.2. The van der Waals surface area contributed by atoms with E-state index in [1.165, 1.54) is 116 Å². The van der Waals surface area contributed by atoms with Crippen LogP contribution in [0.3, 0.4) is 0 Å². The van der Waals surface area contributed by atoms with E-state index in [9.17, 15) is 9.67 Å². The Kier molecular flexibility index (Phi) is 21.4. The molecule has 29 heavy (non-hydrogen) atoms. The van der Waals surface area contributed by atoms with E-state index in [-0.39, 0.29) is 6.42 Å². The van der Waals surface area contributed by atoms with Gasteiger partial charge in [-0.1, -0.05) is 142 Å². The standard InChI is InChI=1S/C24H51O4P/c1-2-3-4-5-6-7-8-9-10-11-12-13-14-15-16-17-18-19-20-21-22-23-24(25)29(26,27)28/h24-25H,2-23H2,1H3,(H2,26,27,28). The van der Waals surface area contributed by atoms with Crippen LogP contribution in [0.4, 0.5) is 0 Å². The van der Waals surface area contributed by atoms with E-state index in [0.29, 0.717) is 6.42 Å². The predicted molar refractivity (Wildman–Crippen MR) is 125 cm³/mol. The molecule has 0 aromatic rings. The van der Waals surface area contributed by atoms with Gasteiger partial charge in [0.25, 0.3) is 0 Å². The van der Waals surface area contributed by atoms with Crippen molar-refractivity contribution in [1.82, 2.24) is 0 Å². The number of rotatable bonds is 23. The first kappa shape index (κ1) is 29.1. The number of unbranched alkanes of at least 4 members (excludes halogenated alkanes) is 20. The van der Waals surface area contributed by atoms with Crippen molar-refractivity contribution < 1.29 is 19.5 Å². The van der Waals surface area contributed by atoms with Gasteiger partial charge in [0.1, 0.15) is 0 Å². The monoisotopic (exact) mass is 434 g/mol. The highest BCUT2D eigenvalue weighted by molar-refractivity contribution is 7.52. The molecule has 0 spiro atoms. The normalized spacial score (nSPS) is 13.1. The van der Waals surface area contributed by atoms with E-state index < -0.39 is 13.4 Å². The maximum absolute atomic E-state index is 10.8. The van der Waals surface area contributed by atoms with Gasteiger partial charge in [0.05, 0.1) is 0 Å². The Morgan fingerprint density at radius 3 is 1.00 bits per heavy atom. The van der Waals surface area contributed by atoms with Crippen LogP contribution in [-0.2, 0) is 4.57 Å². The van der Waals surface area contributed by atoms with Crippen LogP contribution < -0.4 is 0 Å². The maximum Gasteiger partial charge on any atom is 0.353 e. The lowest BCUT2D eigenvalue weighted by Gasteiger charge is -2.11. The highest BCUT2D eigenvalue weighted by Gasteiger charge is 2.24. The van der Waals surface area contributed by atoms with E-state index >= 15 is 0 Å². The molecule has 0 saturated heterocycles. The van der Waals surface area contributed by atoms with Gasteiger partial charge in [0, 0.05) is 0 Å². The fraction of sp³-hybridized carbons (Fsp3) is 1.00. The minimum atomic E-state index is -4.30. The van der Waals surface area contributed by atoms with E-state index in [0.717, 1.165) is 12.8 Å². The van der Waals surface area contributed by atoms with Crippen LogP contribution in [0.1, 0.15) is 148 Å². The van der Waals surface area contributed by atoms with Crippen LogP contribution in [0.2, 0.25) is 0 Å². The highest BCUT2D eigenvalue weighted by Crippen LogP contribution is 2.41. The van der Waals surface area contributed by atoms with Crippen molar-refractivity contribution in [2.75, 3.05) is 0 Å². The minimum Gasteiger partial charge on any atom is -0.380 e. The Balaban J connectivity index is 3.09. The van der Waals surface area contributed by atoms with Crippen LogP contribution >= 0.6 is 7.60 Å². The minimum absolute atomic E-state index is 0.212. The van der Waals surface area contributed by atoms with E-state index in [1.54, 1.807) is 0 Å². The lowest BCUT2D eigenvalue weighted by atomic mass is 10.0. The quantitative estimate of drug-likeness (QED) is 0.112. The second kappa shape index (κ2) is 21.3. The summed E-state index contributed by atoms with van der Waals surface area (Å²) in [6.07, 6.45) is 27.9. The summed E-state index contributed by atoms with van der Waals surface area (Å²) in [5.41, 5.74) is 0.